The van der Waals surface area contributed by atoms with Crippen molar-refractivity contribution in [2.24, 2.45) is 0 Å². The molecule has 0 aliphatic heterocycles. The molecular weight excluding hydrogens is 298 g/mol. The van der Waals surface area contributed by atoms with E-state index in [1.54, 1.807) is 11.3 Å². The molecule has 0 aromatic carbocycles. The maximum Gasteiger partial charge on any atom is 0.169 e. The van der Waals surface area contributed by atoms with Crippen molar-refractivity contribution in [3.05, 3.63) is 33.9 Å². The standard InChI is InChI=1S/C12H14BrN3S/c1-8(2)15-7-9-5-6-14-12(16-9)10-3-4-11(13)17-10/h3-6,8,15H,7H2,1-2H3. The zero-order valence-corrected chi connectivity index (χ0v) is 12.2. The highest BCUT2D eigenvalue weighted by atomic mass is 79.9. The number of thiophene rings is 1. The zero-order valence-electron chi connectivity index (χ0n) is 9.77. The lowest BCUT2D eigenvalue weighted by Crippen LogP contribution is -2.22. The van der Waals surface area contributed by atoms with Crippen LogP contribution in [0.15, 0.2) is 28.2 Å². The third kappa shape index (κ3) is 3.59. The van der Waals surface area contributed by atoms with Gasteiger partial charge in [0.25, 0.3) is 0 Å². The van der Waals surface area contributed by atoms with Crippen molar-refractivity contribution < 1.29 is 0 Å². The maximum atomic E-state index is 4.54. The van der Waals surface area contributed by atoms with Crippen molar-refractivity contribution in [1.82, 2.24) is 15.3 Å². The molecule has 17 heavy (non-hydrogen) atoms. The van der Waals surface area contributed by atoms with Crippen LogP contribution in [0.4, 0.5) is 0 Å². The summed E-state index contributed by atoms with van der Waals surface area (Å²) >= 11 is 5.09. The second kappa shape index (κ2) is 5.71. The molecule has 0 unspecified atom stereocenters. The fourth-order valence-corrected chi connectivity index (χ4v) is 2.68. The second-order valence-corrected chi connectivity index (χ2v) is 6.47. The lowest BCUT2D eigenvalue weighted by molar-refractivity contribution is 0.581. The summed E-state index contributed by atoms with van der Waals surface area (Å²) in [6.07, 6.45) is 1.81. The van der Waals surface area contributed by atoms with Gasteiger partial charge in [0.1, 0.15) is 0 Å². The summed E-state index contributed by atoms with van der Waals surface area (Å²) in [7, 11) is 0. The Morgan fingerprint density at radius 3 is 2.82 bits per heavy atom. The molecule has 0 aliphatic carbocycles. The monoisotopic (exact) mass is 311 g/mol. The Hall–Kier alpha value is -0.780. The Morgan fingerprint density at radius 1 is 1.35 bits per heavy atom. The van der Waals surface area contributed by atoms with Gasteiger partial charge in [-0.15, -0.1) is 11.3 Å². The molecule has 5 heteroatoms. The van der Waals surface area contributed by atoms with Crippen molar-refractivity contribution in [1.29, 1.82) is 0 Å². The average molecular weight is 312 g/mol. The van der Waals surface area contributed by atoms with Gasteiger partial charge in [0, 0.05) is 18.8 Å². The molecule has 2 rings (SSSR count). The van der Waals surface area contributed by atoms with Gasteiger partial charge < -0.3 is 5.32 Å². The molecule has 0 atom stereocenters. The van der Waals surface area contributed by atoms with E-state index in [9.17, 15) is 0 Å². The Kier molecular flexibility index (Phi) is 4.25. The second-order valence-electron chi connectivity index (χ2n) is 4.01. The molecule has 0 amide bonds. The van der Waals surface area contributed by atoms with Gasteiger partial charge in [-0.1, -0.05) is 13.8 Å². The minimum atomic E-state index is 0.462. The van der Waals surface area contributed by atoms with Gasteiger partial charge in [0.05, 0.1) is 14.4 Å². The highest BCUT2D eigenvalue weighted by molar-refractivity contribution is 9.11. The van der Waals surface area contributed by atoms with Crippen LogP contribution in [0.5, 0.6) is 0 Å². The van der Waals surface area contributed by atoms with E-state index < -0.39 is 0 Å². The van der Waals surface area contributed by atoms with Crippen molar-refractivity contribution in [3.63, 3.8) is 0 Å². The van der Waals surface area contributed by atoms with E-state index in [0.29, 0.717) is 6.04 Å². The van der Waals surface area contributed by atoms with Crippen LogP contribution in [0.1, 0.15) is 19.5 Å². The average Bonchev–Trinajstić information content (AvgIpc) is 2.74. The summed E-state index contributed by atoms with van der Waals surface area (Å²) in [5, 5.41) is 3.35. The fourth-order valence-electron chi connectivity index (χ4n) is 1.36. The first kappa shape index (κ1) is 12.7. The molecule has 2 aromatic heterocycles. The van der Waals surface area contributed by atoms with Crippen molar-refractivity contribution in [2.45, 2.75) is 26.4 Å². The van der Waals surface area contributed by atoms with Gasteiger partial charge >= 0.3 is 0 Å². The van der Waals surface area contributed by atoms with E-state index in [1.165, 1.54) is 0 Å². The topological polar surface area (TPSA) is 37.8 Å². The zero-order chi connectivity index (χ0) is 12.3. The van der Waals surface area contributed by atoms with Crippen LogP contribution in [0.25, 0.3) is 10.7 Å². The molecule has 2 aromatic rings. The van der Waals surface area contributed by atoms with Crippen LogP contribution in [0, 0.1) is 0 Å². The first-order valence-corrected chi connectivity index (χ1v) is 7.07. The van der Waals surface area contributed by atoms with E-state index >= 15 is 0 Å². The molecule has 0 bridgehead atoms. The summed E-state index contributed by atoms with van der Waals surface area (Å²) in [6.45, 7) is 5.02. The summed E-state index contributed by atoms with van der Waals surface area (Å²) in [6, 6.07) is 6.46. The van der Waals surface area contributed by atoms with Crippen LogP contribution < -0.4 is 5.32 Å². The Balaban J connectivity index is 2.16. The summed E-state index contributed by atoms with van der Waals surface area (Å²) in [5.41, 5.74) is 1.02. The van der Waals surface area contributed by atoms with Crippen molar-refractivity contribution in [3.8, 4) is 10.7 Å². The summed E-state index contributed by atoms with van der Waals surface area (Å²) in [4.78, 5) is 9.93. The molecular formula is C12H14BrN3S. The van der Waals surface area contributed by atoms with Gasteiger partial charge in [-0.3, -0.25) is 0 Å². The number of hydrogen-bond acceptors (Lipinski definition) is 4. The number of hydrogen-bond donors (Lipinski definition) is 1. The number of nitrogens with one attached hydrogen (secondary N) is 1. The van der Waals surface area contributed by atoms with Gasteiger partial charge in [-0.25, -0.2) is 9.97 Å². The van der Waals surface area contributed by atoms with Gasteiger partial charge in [0.15, 0.2) is 5.82 Å². The normalized spacial score (nSPS) is 11.1. The number of nitrogens with zero attached hydrogens (tertiary/aromatic N) is 2. The van der Waals surface area contributed by atoms with Crippen LogP contribution in [-0.4, -0.2) is 16.0 Å². The van der Waals surface area contributed by atoms with Crippen LogP contribution in [0.2, 0.25) is 0 Å². The van der Waals surface area contributed by atoms with Gasteiger partial charge in [-0.2, -0.15) is 0 Å². The van der Waals surface area contributed by atoms with Crippen LogP contribution >= 0.6 is 27.3 Å². The van der Waals surface area contributed by atoms with Gasteiger partial charge in [0.2, 0.25) is 0 Å². The van der Waals surface area contributed by atoms with E-state index in [4.69, 9.17) is 0 Å². The van der Waals surface area contributed by atoms with Crippen molar-refractivity contribution in [2.75, 3.05) is 0 Å². The maximum absolute atomic E-state index is 4.54. The minimum absolute atomic E-state index is 0.462. The summed E-state index contributed by atoms with van der Waals surface area (Å²) < 4.78 is 1.10. The Bertz CT molecular complexity index is 496. The molecule has 1 N–H and O–H groups in total. The van der Waals surface area contributed by atoms with E-state index in [1.807, 2.05) is 24.4 Å². The molecule has 90 valence electrons. The predicted octanol–water partition coefficient (Wildman–Crippen LogP) is 3.47. The SMILES string of the molecule is CC(C)NCc1ccnc(-c2ccc(Br)s2)n1. The number of rotatable bonds is 4. The number of halogens is 1. The molecule has 3 nitrogen and oxygen atoms in total. The predicted molar refractivity (Wildman–Crippen MR) is 75.0 cm³/mol. The fraction of sp³-hybridized carbons (Fsp3) is 0.333. The lowest BCUT2D eigenvalue weighted by Gasteiger charge is -2.07. The van der Waals surface area contributed by atoms with E-state index in [-0.39, 0.29) is 0 Å². The van der Waals surface area contributed by atoms with Gasteiger partial charge in [-0.05, 0) is 34.1 Å². The Labute approximate surface area is 113 Å². The minimum Gasteiger partial charge on any atom is -0.309 e. The first-order chi connectivity index (χ1) is 8.15. The molecule has 0 radical (unpaired) electrons. The molecule has 0 spiro atoms. The van der Waals surface area contributed by atoms with E-state index in [2.05, 4.69) is 45.1 Å². The quantitative estimate of drug-likeness (QED) is 0.939. The van der Waals surface area contributed by atoms with Crippen molar-refractivity contribution >= 4 is 27.3 Å². The third-order valence-corrected chi connectivity index (χ3v) is 3.82. The highest BCUT2D eigenvalue weighted by Crippen LogP contribution is 2.28. The molecule has 2 heterocycles. The molecule has 0 aliphatic rings. The van der Waals surface area contributed by atoms with Crippen LogP contribution in [0.3, 0.4) is 0 Å². The smallest absolute Gasteiger partial charge is 0.169 e. The first-order valence-electron chi connectivity index (χ1n) is 5.46. The summed E-state index contributed by atoms with van der Waals surface area (Å²) in [5.74, 6) is 0.795. The number of aromatic nitrogens is 2. The lowest BCUT2D eigenvalue weighted by atomic mass is 10.3. The molecule has 0 fully saturated rings. The van der Waals surface area contributed by atoms with E-state index in [0.717, 1.165) is 26.7 Å². The largest absolute Gasteiger partial charge is 0.309 e. The highest BCUT2D eigenvalue weighted by Gasteiger charge is 2.05. The van der Waals surface area contributed by atoms with Crippen LogP contribution in [-0.2, 0) is 6.54 Å². The third-order valence-electron chi connectivity index (χ3n) is 2.20. The molecule has 0 saturated heterocycles. The molecule has 0 saturated carbocycles. The Morgan fingerprint density at radius 2 is 2.18 bits per heavy atom.